The highest BCUT2D eigenvalue weighted by Gasteiger charge is 2.50. The van der Waals surface area contributed by atoms with E-state index in [2.05, 4.69) is 21.3 Å². The minimum Gasteiger partial charge on any atom is -0.395 e. The molecule has 0 atom stereocenters. The molecule has 70 heavy (non-hydrogen) atoms. The van der Waals surface area contributed by atoms with Crippen molar-refractivity contribution in [2.75, 3.05) is 106 Å². The van der Waals surface area contributed by atoms with E-state index in [1.165, 1.54) is 12.1 Å². The summed E-state index contributed by atoms with van der Waals surface area (Å²) in [5.41, 5.74) is -3.56. The van der Waals surface area contributed by atoms with Gasteiger partial charge >= 0.3 is 0 Å². The summed E-state index contributed by atoms with van der Waals surface area (Å²) in [5.74, 6) is -2.26. The zero-order chi connectivity index (χ0) is 52.9. The molecule has 2 aromatic carbocycles. The summed E-state index contributed by atoms with van der Waals surface area (Å²) in [4.78, 5) is 50.5. The fourth-order valence-corrected chi connectivity index (χ4v) is 7.93. The number of hydrogen-bond donors (Lipinski definition) is 18. The smallest absolute Gasteiger partial charge is 0.251 e. The first-order valence-corrected chi connectivity index (χ1v) is 22.4. The third-order valence-corrected chi connectivity index (χ3v) is 13.6. The SMILES string of the molecule is CC1=[N+](CCC(=O)NC(CO)(CO)CO)c2ccc(C(=O)NC(CO)(CO)CO)cc2C1(C)C.CC1=[N+](CCC(=O)NC(CO)(CO)CO)c2ccc(C(=O)NC(CO)(CO)CO)cc2C1(CO)CO. The molecular weight excluding hydrogens is 925 g/mol. The molecule has 2 aromatic rings. The van der Waals surface area contributed by atoms with Gasteiger partial charge in [0.1, 0.15) is 27.6 Å². The molecule has 18 N–H and O–H groups in total. The molecule has 392 valence electrons. The average Bonchev–Trinajstić information content (AvgIpc) is 3.74. The monoisotopic (exact) mass is 996 g/mol. The number of aliphatic hydroxyl groups excluding tert-OH is 14. The molecule has 24 heteroatoms. The number of hydrogen-bond acceptors (Lipinski definition) is 18. The summed E-state index contributed by atoms with van der Waals surface area (Å²) in [5, 5.41) is 144. The van der Waals surface area contributed by atoms with Crippen molar-refractivity contribution in [1.82, 2.24) is 21.3 Å². The Balaban J connectivity index is 0.000000371. The minimum atomic E-state index is -1.64. The molecule has 0 spiro atoms. The van der Waals surface area contributed by atoms with Gasteiger partial charge in [-0.25, -0.2) is 0 Å². The molecule has 2 aliphatic rings. The molecule has 4 rings (SSSR count). The van der Waals surface area contributed by atoms with Gasteiger partial charge in [-0.2, -0.15) is 9.15 Å². The van der Waals surface area contributed by atoms with Crippen LogP contribution in [0.3, 0.4) is 0 Å². The quantitative estimate of drug-likeness (QED) is 0.0390. The van der Waals surface area contributed by atoms with Crippen molar-refractivity contribution < 1.29 is 99.8 Å². The highest BCUT2D eigenvalue weighted by Crippen LogP contribution is 2.41. The van der Waals surface area contributed by atoms with Gasteiger partial charge in [-0.05, 0) is 38.1 Å². The van der Waals surface area contributed by atoms with Crippen LogP contribution in [0.4, 0.5) is 11.4 Å². The second kappa shape index (κ2) is 25.0. The maximum Gasteiger partial charge on any atom is 0.251 e. The maximum absolute atomic E-state index is 12.8. The van der Waals surface area contributed by atoms with Crippen molar-refractivity contribution in [3.8, 4) is 0 Å². The summed E-state index contributed by atoms with van der Waals surface area (Å²) in [6.45, 7) is -0.928. The van der Waals surface area contributed by atoms with Gasteiger partial charge in [0.15, 0.2) is 24.5 Å². The molecule has 2 aliphatic heterocycles. The highest BCUT2D eigenvalue weighted by atomic mass is 16.3. The first-order valence-electron chi connectivity index (χ1n) is 22.4. The van der Waals surface area contributed by atoms with Crippen molar-refractivity contribution >= 4 is 46.4 Å². The Bertz CT molecular complexity index is 2180. The summed E-state index contributed by atoms with van der Waals surface area (Å²) >= 11 is 0. The summed E-state index contributed by atoms with van der Waals surface area (Å²) in [6, 6.07) is 9.51. The number of nitrogens with zero attached hydrogens (tertiary/aromatic N) is 2. The molecule has 4 amide bonds. The average molecular weight is 997 g/mol. The first kappa shape index (κ1) is 59.4. The van der Waals surface area contributed by atoms with Crippen LogP contribution in [0.2, 0.25) is 0 Å². The molecule has 0 aliphatic carbocycles. The number of aliphatic hydroxyl groups is 14. The predicted octanol–water partition coefficient (Wildman–Crippen LogP) is -6.55. The molecule has 24 nitrogen and oxygen atoms in total. The minimum absolute atomic E-state index is 0.0306. The lowest BCUT2D eigenvalue weighted by molar-refractivity contribution is -0.438. The topological polar surface area (TPSA) is 406 Å². The molecule has 0 unspecified atom stereocenters. The van der Waals surface area contributed by atoms with E-state index >= 15 is 0 Å². The third kappa shape index (κ3) is 12.2. The Morgan fingerprint density at radius 3 is 1.09 bits per heavy atom. The molecule has 0 fully saturated rings. The number of fused-ring (bicyclic) bond motifs is 2. The number of benzene rings is 2. The number of nitrogens with one attached hydrogen (secondary N) is 4. The molecule has 0 saturated carbocycles. The normalized spacial score (nSPS) is 15.2. The van der Waals surface area contributed by atoms with Crippen LogP contribution in [0.15, 0.2) is 36.4 Å². The van der Waals surface area contributed by atoms with Crippen LogP contribution in [0.1, 0.15) is 72.4 Å². The van der Waals surface area contributed by atoms with Gasteiger partial charge in [0.05, 0.1) is 111 Å². The Morgan fingerprint density at radius 1 is 0.457 bits per heavy atom. The molecule has 2 heterocycles. The largest absolute Gasteiger partial charge is 0.395 e. The van der Waals surface area contributed by atoms with Crippen molar-refractivity contribution in [2.24, 2.45) is 0 Å². The molecular formula is C46H72N6O18+2. The van der Waals surface area contributed by atoms with E-state index in [9.17, 15) is 90.7 Å². The van der Waals surface area contributed by atoms with Gasteiger partial charge in [-0.3, -0.25) is 19.2 Å². The number of carbonyl (C=O) groups excluding carboxylic acids is 4. The van der Waals surface area contributed by atoms with Crippen LogP contribution in [-0.2, 0) is 20.4 Å². The van der Waals surface area contributed by atoms with Crippen molar-refractivity contribution in [2.45, 2.75) is 73.5 Å². The lowest BCUT2D eigenvalue weighted by atomic mass is 9.79. The number of rotatable bonds is 26. The van der Waals surface area contributed by atoms with Crippen LogP contribution in [0, 0.1) is 0 Å². The summed E-state index contributed by atoms with van der Waals surface area (Å²) in [7, 11) is 0. The van der Waals surface area contributed by atoms with Crippen molar-refractivity contribution in [3.05, 3.63) is 58.7 Å². The maximum atomic E-state index is 12.8. The van der Waals surface area contributed by atoms with Gasteiger partial charge < -0.3 is 92.8 Å². The van der Waals surface area contributed by atoms with Crippen molar-refractivity contribution in [3.63, 3.8) is 0 Å². The first-order chi connectivity index (χ1) is 33.1. The van der Waals surface area contributed by atoms with E-state index < -0.39 is 149 Å². The van der Waals surface area contributed by atoms with Crippen LogP contribution in [0.5, 0.6) is 0 Å². The fourth-order valence-electron chi connectivity index (χ4n) is 7.93. The van der Waals surface area contributed by atoms with Gasteiger partial charge in [0.2, 0.25) is 23.2 Å². The number of carbonyl (C=O) groups is 4. The molecule has 0 radical (unpaired) electrons. The zero-order valence-electron chi connectivity index (χ0n) is 40.0. The molecule has 0 saturated heterocycles. The lowest BCUT2D eigenvalue weighted by Gasteiger charge is -2.29. The van der Waals surface area contributed by atoms with Gasteiger partial charge in [-0.15, -0.1) is 0 Å². The predicted molar refractivity (Wildman–Crippen MR) is 249 cm³/mol. The van der Waals surface area contributed by atoms with Gasteiger partial charge in [0, 0.05) is 48.2 Å². The second-order valence-electron chi connectivity index (χ2n) is 18.5. The zero-order valence-corrected chi connectivity index (χ0v) is 40.0. The van der Waals surface area contributed by atoms with E-state index in [-0.39, 0.29) is 30.5 Å². The Labute approximate surface area is 404 Å². The van der Waals surface area contributed by atoms with Crippen LogP contribution in [-0.4, -0.2) is 243 Å². The van der Waals surface area contributed by atoms with E-state index in [0.717, 1.165) is 17.0 Å². The van der Waals surface area contributed by atoms with E-state index in [1.807, 2.05) is 25.3 Å². The van der Waals surface area contributed by atoms with Crippen LogP contribution in [0.25, 0.3) is 0 Å². The van der Waals surface area contributed by atoms with Crippen LogP contribution < -0.4 is 21.3 Å². The van der Waals surface area contributed by atoms with Crippen molar-refractivity contribution in [1.29, 1.82) is 0 Å². The Kier molecular flexibility index (Phi) is 21.2. The summed E-state index contributed by atoms with van der Waals surface area (Å²) < 4.78 is 3.65. The fraction of sp³-hybridized carbons (Fsp3) is 0.609. The standard InChI is InChI=1S/C23H35N3O10.C23H35N3O8/c1-15-23(13-33,14-34)17-6-16(20(36)25-22(10-30,11-31)12-32)2-3-18(17)26(15)5-4-19(35)24-21(7-27,8-28)9-29;1-15-21(2,3)17-8-16(20(34)25-23(12-30,13-31)14-32)4-5-18(17)26(15)7-6-19(33)24-22(9-27,10-28)11-29/h2-3,6,27-34H,4-5,7-14H2,1H3,(H-,24,25,35,36);4-5,8,27-32H,6-7,9-14H2,1-3H3,(H-,24,25,33,34)/p+2. The van der Waals surface area contributed by atoms with Gasteiger partial charge in [0.25, 0.3) is 11.8 Å². The van der Waals surface area contributed by atoms with E-state index in [4.69, 9.17) is 0 Å². The van der Waals surface area contributed by atoms with E-state index in [1.54, 1.807) is 35.8 Å². The molecule has 0 bridgehead atoms. The highest BCUT2D eigenvalue weighted by molar-refractivity contribution is 6.00. The second-order valence-corrected chi connectivity index (χ2v) is 18.5. The number of amides is 4. The Hall–Kier alpha value is -4.90. The lowest BCUT2D eigenvalue weighted by Crippen LogP contribution is -2.57. The molecule has 0 aromatic heterocycles. The van der Waals surface area contributed by atoms with E-state index in [0.29, 0.717) is 23.5 Å². The summed E-state index contributed by atoms with van der Waals surface area (Å²) in [6.07, 6.45) is -0.0947. The van der Waals surface area contributed by atoms with Crippen LogP contribution >= 0.6 is 0 Å². The Morgan fingerprint density at radius 2 is 0.757 bits per heavy atom. The third-order valence-electron chi connectivity index (χ3n) is 13.6. The van der Waals surface area contributed by atoms with Gasteiger partial charge in [-0.1, -0.05) is 0 Å².